The Hall–Kier alpha value is -1.30. The number of likely N-dealkylation sites (tertiary alicyclic amines) is 1. The van der Waals surface area contributed by atoms with Crippen LogP contribution in [0.25, 0.3) is 0 Å². The van der Waals surface area contributed by atoms with Gasteiger partial charge in [0.15, 0.2) is 0 Å². The second kappa shape index (κ2) is 7.31. The van der Waals surface area contributed by atoms with E-state index in [1.165, 1.54) is 0 Å². The minimum absolute atomic E-state index is 0.0685. The van der Waals surface area contributed by atoms with Gasteiger partial charge in [-0.25, -0.2) is 0 Å². The van der Waals surface area contributed by atoms with Crippen LogP contribution in [-0.2, 0) is 9.59 Å². The molecule has 0 aromatic heterocycles. The molecule has 2 rings (SSSR count). The monoisotopic (exact) mass is 344 g/mol. The molecule has 1 aliphatic heterocycles. The number of halogens is 2. The van der Waals surface area contributed by atoms with E-state index in [1.807, 2.05) is 4.90 Å². The van der Waals surface area contributed by atoms with Crippen LogP contribution < -0.4 is 5.32 Å². The van der Waals surface area contributed by atoms with Gasteiger partial charge in [0.25, 0.3) is 0 Å². The van der Waals surface area contributed by atoms with Crippen LogP contribution in [0.3, 0.4) is 0 Å². The molecule has 1 aromatic carbocycles. The summed E-state index contributed by atoms with van der Waals surface area (Å²) < 4.78 is 0. The summed E-state index contributed by atoms with van der Waals surface area (Å²) >= 11 is 11.8. The van der Waals surface area contributed by atoms with Gasteiger partial charge in [-0.15, -0.1) is 0 Å². The Labute approximate surface area is 139 Å². The minimum atomic E-state index is -0.835. The van der Waals surface area contributed by atoms with E-state index >= 15 is 0 Å². The molecule has 2 N–H and O–H groups in total. The SMILES string of the molecule is C[C@H](C(=O)O)N1CCC(C(=O)Nc2ccc(Cl)c(Cl)c2)CC1. The highest BCUT2D eigenvalue weighted by Gasteiger charge is 2.29. The van der Waals surface area contributed by atoms with Crippen molar-refractivity contribution in [1.29, 1.82) is 0 Å². The van der Waals surface area contributed by atoms with Crippen molar-refractivity contribution in [3.05, 3.63) is 28.2 Å². The molecule has 1 heterocycles. The van der Waals surface area contributed by atoms with Crippen LogP contribution >= 0.6 is 23.2 Å². The average Bonchev–Trinajstić information content (AvgIpc) is 2.50. The summed E-state index contributed by atoms with van der Waals surface area (Å²) in [6.07, 6.45) is 1.29. The van der Waals surface area contributed by atoms with E-state index in [4.69, 9.17) is 28.3 Å². The maximum atomic E-state index is 12.3. The molecule has 0 unspecified atom stereocenters. The number of amides is 1. The van der Waals surface area contributed by atoms with Crippen molar-refractivity contribution in [2.45, 2.75) is 25.8 Å². The average molecular weight is 345 g/mol. The third-order valence-corrected chi connectivity index (χ3v) is 4.73. The summed E-state index contributed by atoms with van der Waals surface area (Å²) in [4.78, 5) is 25.1. The molecule has 5 nitrogen and oxygen atoms in total. The lowest BCUT2D eigenvalue weighted by molar-refractivity contribution is -0.143. The van der Waals surface area contributed by atoms with E-state index in [9.17, 15) is 9.59 Å². The summed E-state index contributed by atoms with van der Waals surface area (Å²) in [6, 6.07) is 4.44. The maximum absolute atomic E-state index is 12.3. The fourth-order valence-electron chi connectivity index (χ4n) is 2.52. The van der Waals surface area contributed by atoms with Gasteiger partial charge in [0.1, 0.15) is 6.04 Å². The Morgan fingerprint density at radius 1 is 1.27 bits per heavy atom. The Kier molecular flexibility index (Phi) is 5.67. The lowest BCUT2D eigenvalue weighted by Crippen LogP contribution is -2.45. The molecule has 0 radical (unpaired) electrons. The largest absolute Gasteiger partial charge is 0.480 e. The van der Waals surface area contributed by atoms with E-state index in [2.05, 4.69) is 5.32 Å². The molecule has 0 saturated carbocycles. The van der Waals surface area contributed by atoms with E-state index in [0.717, 1.165) is 0 Å². The van der Waals surface area contributed by atoms with E-state index in [-0.39, 0.29) is 11.8 Å². The number of carbonyl (C=O) groups is 2. The molecule has 1 fully saturated rings. The van der Waals surface area contributed by atoms with Gasteiger partial charge in [-0.05, 0) is 51.1 Å². The maximum Gasteiger partial charge on any atom is 0.320 e. The standard InChI is InChI=1S/C15H18Cl2N2O3/c1-9(15(21)22)19-6-4-10(5-7-19)14(20)18-11-2-3-12(16)13(17)8-11/h2-3,8-10H,4-7H2,1H3,(H,18,20)(H,21,22)/t9-/m1/s1. The van der Waals surface area contributed by atoms with Crippen molar-refractivity contribution < 1.29 is 14.7 Å². The molecule has 1 atom stereocenters. The second-order valence-corrected chi connectivity index (χ2v) is 6.26. The molecule has 0 aliphatic carbocycles. The van der Waals surface area contributed by atoms with Crippen molar-refractivity contribution >= 4 is 40.8 Å². The molecule has 1 saturated heterocycles. The lowest BCUT2D eigenvalue weighted by Gasteiger charge is -2.33. The Morgan fingerprint density at radius 2 is 1.91 bits per heavy atom. The van der Waals surface area contributed by atoms with Gasteiger partial charge in [-0.3, -0.25) is 14.5 Å². The highest BCUT2D eigenvalue weighted by Crippen LogP contribution is 2.26. The van der Waals surface area contributed by atoms with Crippen LogP contribution in [0.15, 0.2) is 18.2 Å². The fraction of sp³-hybridized carbons (Fsp3) is 0.467. The Bertz CT molecular complexity index is 572. The normalized spacial score (nSPS) is 18.0. The first-order valence-electron chi connectivity index (χ1n) is 7.11. The second-order valence-electron chi connectivity index (χ2n) is 5.44. The Morgan fingerprint density at radius 3 is 2.45 bits per heavy atom. The third kappa shape index (κ3) is 4.12. The molecular weight excluding hydrogens is 327 g/mol. The molecule has 1 amide bonds. The van der Waals surface area contributed by atoms with E-state index < -0.39 is 12.0 Å². The lowest BCUT2D eigenvalue weighted by atomic mass is 9.95. The molecule has 1 aromatic rings. The highest BCUT2D eigenvalue weighted by molar-refractivity contribution is 6.42. The summed E-state index contributed by atoms with van der Waals surface area (Å²) in [6.45, 7) is 2.87. The highest BCUT2D eigenvalue weighted by atomic mass is 35.5. The quantitative estimate of drug-likeness (QED) is 0.880. The molecular formula is C15H18Cl2N2O3. The number of hydrogen-bond acceptors (Lipinski definition) is 3. The van der Waals surface area contributed by atoms with Gasteiger partial charge in [-0.2, -0.15) is 0 Å². The number of rotatable bonds is 4. The molecule has 120 valence electrons. The zero-order valence-electron chi connectivity index (χ0n) is 12.2. The van der Waals surface area contributed by atoms with Crippen LogP contribution in [0.2, 0.25) is 10.0 Å². The van der Waals surface area contributed by atoms with Gasteiger partial charge < -0.3 is 10.4 Å². The van der Waals surface area contributed by atoms with Gasteiger partial charge in [0, 0.05) is 11.6 Å². The number of carbonyl (C=O) groups excluding carboxylic acids is 1. The van der Waals surface area contributed by atoms with Crippen molar-refractivity contribution in [1.82, 2.24) is 4.90 Å². The van der Waals surface area contributed by atoms with Crippen molar-refractivity contribution in [3.63, 3.8) is 0 Å². The topological polar surface area (TPSA) is 69.6 Å². The number of nitrogens with zero attached hydrogens (tertiary/aromatic N) is 1. The summed E-state index contributed by atoms with van der Waals surface area (Å²) in [5.41, 5.74) is 0.612. The fourth-order valence-corrected chi connectivity index (χ4v) is 2.82. The van der Waals surface area contributed by atoms with Gasteiger partial charge in [0.05, 0.1) is 10.0 Å². The van der Waals surface area contributed by atoms with Crippen molar-refractivity contribution in [2.75, 3.05) is 18.4 Å². The summed E-state index contributed by atoms with van der Waals surface area (Å²) in [5, 5.41) is 12.7. The summed E-state index contributed by atoms with van der Waals surface area (Å²) in [7, 11) is 0. The number of aliphatic carboxylic acids is 1. The van der Waals surface area contributed by atoms with Crippen LogP contribution in [0.1, 0.15) is 19.8 Å². The first-order chi connectivity index (χ1) is 10.4. The van der Waals surface area contributed by atoms with Gasteiger partial charge in [0.2, 0.25) is 5.91 Å². The van der Waals surface area contributed by atoms with Crippen LogP contribution in [0, 0.1) is 5.92 Å². The number of piperidine rings is 1. The van der Waals surface area contributed by atoms with E-state index in [0.29, 0.717) is 41.7 Å². The van der Waals surface area contributed by atoms with Crippen LogP contribution in [-0.4, -0.2) is 41.0 Å². The number of carboxylic acid groups (broad SMARTS) is 1. The predicted molar refractivity (Wildman–Crippen MR) is 86.5 cm³/mol. The summed E-state index contributed by atoms with van der Waals surface area (Å²) in [5.74, 6) is -1.02. The van der Waals surface area contributed by atoms with Crippen molar-refractivity contribution in [3.8, 4) is 0 Å². The van der Waals surface area contributed by atoms with Gasteiger partial charge >= 0.3 is 5.97 Å². The third-order valence-electron chi connectivity index (χ3n) is 3.99. The first kappa shape index (κ1) is 17.1. The number of benzene rings is 1. The molecule has 7 heteroatoms. The van der Waals surface area contributed by atoms with Crippen molar-refractivity contribution in [2.24, 2.45) is 5.92 Å². The zero-order chi connectivity index (χ0) is 16.3. The molecule has 0 bridgehead atoms. The Balaban J connectivity index is 1.89. The van der Waals surface area contributed by atoms with Crippen LogP contribution in [0.4, 0.5) is 5.69 Å². The molecule has 0 spiro atoms. The van der Waals surface area contributed by atoms with E-state index in [1.54, 1.807) is 25.1 Å². The smallest absolute Gasteiger partial charge is 0.320 e. The zero-order valence-corrected chi connectivity index (χ0v) is 13.7. The number of carboxylic acids is 1. The predicted octanol–water partition coefficient (Wildman–Crippen LogP) is 3.12. The molecule has 1 aliphatic rings. The first-order valence-corrected chi connectivity index (χ1v) is 7.87. The minimum Gasteiger partial charge on any atom is -0.480 e. The molecule has 22 heavy (non-hydrogen) atoms. The number of anilines is 1. The number of hydrogen-bond donors (Lipinski definition) is 2. The van der Waals surface area contributed by atoms with Gasteiger partial charge in [-0.1, -0.05) is 23.2 Å². The van der Waals surface area contributed by atoms with Crippen LogP contribution in [0.5, 0.6) is 0 Å². The number of nitrogens with one attached hydrogen (secondary N) is 1.